The molecule has 1 saturated heterocycles. The Bertz CT molecular complexity index is 593. The minimum Gasteiger partial charge on any atom is -0.465 e. The SMILES string of the molecule is CCN1C(=O)/C(=C\c2ccc(C(=O)OC)cc2)SC1=S. The van der Waals surface area contributed by atoms with Gasteiger partial charge in [-0.3, -0.25) is 9.69 Å². The number of hydrogen-bond acceptors (Lipinski definition) is 5. The van der Waals surface area contributed by atoms with E-state index in [2.05, 4.69) is 4.74 Å². The largest absolute Gasteiger partial charge is 0.465 e. The van der Waals surface area contributed by atoms with Crippen LogP contribution in [0.15, 0.2) is 29.2 Å². The van der Waals surface area contributed by atoms with Gasteiger partial charge in [-0.2, -0.15) is 0 Å². The van der Waals surface area contributed by atoms with E-state index in [9.17, 15) is 9.59 Å². The van der Waals surface area contributed by atoms with Gasteiger partial charge < -0.3 is 4.74 Å². The molecule has 0 N–H and O–H groups in total. The van der Waals surface area contributed by atoms with Crippen molar-refractivity contribution in [1.29, 1.82) is 0 Å². The Kier molecular flexibility index (Phi) is 4.57. The monoisotopic (exact) mass is 307 g/mol. The van der Waals surface area contributed by atoms with E-state index >= 15 is 0 Å². The quantitative estimate of drug-likeness (QED) is 0.488. The first-order chi connectivity index (χ1) is 9.56. The fourth-order valence-corrected chi connectivity index (χ4v) is 3.14. The van der Waals surface area contributed by atoms with Crippen molar-refractivity contribution >= 4 is 46.3 Å². The van der Waals surface area contributed by atoms with Gasteiger partial charge in [0.1, 0.15) is 4.32 Å². The number of likely N-dealkylation sites (N-methyl/N-ethyl adjacent to an activating group) is 1. The second-order valence-corrected chi connectivity index (χ2v) is 5.72. The van der Waals surface area contributed by atoms with Gasteiger partial charge >= 0.3 is 5.97 Å². The van der Waals surface area contributed by atoms with E-state index in [1.807, 2.05) is 6.92 Å². The van der Waals surface area contributed by atoms with Crippen LogP contribution in [0.25, 0.3) is 6.08 Å². The van der Waals surface area contributed by atoms with Crippen LogP contribution in [0.4, 0.5) is 0 Å². The van der Waals surface area contributed by atoms with Crippen molar-refractivity contribution in [2.45, 2.75) is 6.92 Å². The maximum atomic E-state index is 12.0. The van der Waals surface area contributed by atoms with E-state index in [0.717, 1.165) is 5.56 Å². The lowest BCUT2D eigenvalue weighted by atomic mass is 10.1. The van der Waals surface area contributed by atoms with Crippen LogP contribution in [0.2, 0.25) is 0 Å². The smallest absolute Gasteiger partial charge is 0.337 e. The fraction of sp³-hybridized carbons (Fsp3) is 0.214. The summed E-state index contributed by atoms with van der Waals surface area (Å²) < 4.78 is 5.21. The predicted molar refractivity (Wildman–Crippen MR) is 83.3 cm³/mol. The van der Waals surface area contributed by atoms with Crippen molar-refractivity contribution in [3.63, 3.8) is 0 Å². The molecule has 0 radical (unpaired) electrons. The number of esters is 1. The lowest BCUT2D eigenvalue weighted by molar-refractivity contribution is -0.121. The second kappa shape index (κ2) is 6.19. The van der Waals surface area contributed by atoms with E-state index in [1.165, 1.54) is 18.9 Å². The van der Waals surface area contributed by atoms with Crippen LogP contribution in [-0.4, -0.2) is 34.8 Å². The van der Waals surface area contributed by atoms with Gasteiger partial charge in [-0.15, -0.1) is 0 Å². The Balaban J connectivity index is 2.22. The summed E-state index contributed by atoms with van der Waals surface area (Å²) in [5.74, 6) is -0.451. The number of thiocarbonyl (C=S) groups is 1. The predicted octanol–water partition coefficient (Wildman–Crippen LogP) is 2.69. The van der Waals surface area contributed by atoms with Gasteiger partial charge in [0, 0.05) is 6.54 Å². The van der Waals surface area contributed by atoms with Gasteiger partial charge in [-0.05, 0) is 30.7 Å². The van der Waals surface area contributed by atoms with Gasteiger partial charge in [-0.1, -0.05) is 36.1 Å². The number of benzene rings is 1. The van der Waals surface area contributed by atoms with E-state index in [1.54, 1.807) is 35.2 Å². The second-order valence-electron chi connectivity index (χ2n) is 4.04. The third kappa shape index (κ3) is 2.91. The molecule has 2 rings (SSSR count). The fourth-order valence-electron chi connectivity index (χ4n) is 1.76. The average molecular weight is 307 g/mol. The molecule has 0 spiro atoms. The lowest BCUT2D eigenvalue weighted by Crippen LogP contribution is -2.27. The highest BCUT2D eigenvalue weighted by Gasteiger charge is 2.30. The lowest BCUT2D eigenvalue weighted by Gasteiger charge is -2.09. The van der Waals surface area contributed by atoms with Crippen molar-refractivity contribution in [3.8, 4) is 0 Å². The van der Waals surface area contributed by atoms with Gasteiger partial charge in [-0.25, -0.2) is 4.79 Å². The Morgan fingerprint density at radius 3 is 2.55 bits per heavy atom. The van der Waals surface area contributed by atoms with Crippen LogP contribution < -0.4 is 0 Å². The molecule has 1 fully saturated rings. The van der Waals surface area contributed by atoms with Crippen LogP contribution in [-0.2, 0) is 9.53 Å². The highest BCUT2D eigenvalue weighted by Crippen LogP contribution is 2.32. The minimum atomic E-state index is -0.381. The number of carbonyl (C=O) groups excluding carboxylic acids is 2. The molecule has 0 saturated carbocycles. The molecule has 0 aliphatic carbocycles. The van der Waals surface area contributed by atoms with Crippen LogP contribution in [0.1, 0.15) is 22.8 Å². The number of amides is 1. The summed E-state index contributed by atoms with van der Waals surface area (Å²) in [5, 5.41) is 0. The zero-order valence-electron chi connectivity index (χ0n) is 11.1. The molecule has 1 heterocycles. The Morgan fingerprint density at radius 1 is 1.40 bits per heavy atom. The molecular formula is C14H13NO3S2. The maximum absolute atomic E-state index is 12.0. The Hall–Kier alpha value is -1.66. The minimum absolute atomic E-state index is 0.0699. The third-order valence-corrected chi connectivity index (χ3v) is 4.20. The number of thioether (sulfide) groups is 1. The normalized spacial score (nSPS) is 16.9. The Morgan fingerprint density at radius 2 is 2.05 bits per heavy atom. The highest BCUT2D eigenvalue weighted by molar-refractivity contribution is 8.26. The number of carbonyl (C=O) groups is 2. The van der Waals surface area contributed by atoms with Gasteiger partial charge in [0.25, 0.3) is 5.91 Å². The molecule has 1 amide bonds. The van der Waals surface area contributed by atoms with E-state index in [0.29, 0.717) is 21.3 Å². The summed E-state index contributed by atoms with van der Waals surface area (Å²) in [7, 11) is 1.34. The van der Waals surface area contributed by atoms with Gasteiger partial charge in [0.15, 0.2) is 0 Å². The molecule has 1 aliphatic heterocycles. The molecule has 0 aromatic heterocycles. The van der Waals surface area contributed by atoms with Crippen LogP contribution in [0.5, 0.6) is 0 Å². The third-order valence-electron chi connectivity index (χ3n) is 2.82. The summed E-state index contributed by atoms with van der Waals surface area (Å²) in [6, 6.07) is 6.87. The van der Waals surface area contributed by atoms with Gasteiger partial charge in [0.05, 0.1) is 17.6 Å². The standard InChI is InChI=1S/C14H13NO3S2/c1-3-15-12(16)11(20-14(15)19)8-9-4-6-10(7-5-9)13(17)18-2/h4-8H,3H2,1-2H3/b11-8+. The van der Waals surface area contributed by atoms with Crippen molar-refractivity contribution in [1.82, 2.24) is 4.90 Å². The van der Waals surface area contributed by atoms with Crippen LogP contribution in [0, 0.1) is 0 Å². The molecule has 104 valence electrons. The van der Waals surface area contributed by atoms with Crippen molar-refractivity contribution in [2.75, 3.05) is 13.7 Å². The molecule has 1 aliphatic rings. The molecule has 4 nitrogen and oxygen atoms in total. The molecular weight excluding hydrogens is 294 g/mol. The van der Waals surface area contributed by atoms with E-state index in [-0.39, 0.29) is 11.9 Å². The number of ether oxygens (including phenoxy) is 1. The molecule has 1 aromatic carbocycles. The first kappa shape index (κ1) is 14.7. The van der Waals surface area contributed by atoms with Crippen LogP contribution >= 0.6 is 24.0 Å². The molecule has 1 aromatic rings. The molecule has 6 heteroatoms. The summed E-state index contributed by atoms with van der Waals surface area (Å²) in [6.07, 6.45) is 1.77. The van der Waals surface area contributed by atoms with Crippen molar-refractivity contribution < 1.29 is 14.3 Å². The zero-order chi connectivity index (χ0) is 14.7. The topological polar surface area (TPSA) is 46.6 Å². The number of rotatable bonds is 3. The van der Waals surface area contributed by atoms with Crippen LogP contribution in [0.3, 0.4) is 0 Å². The zero-order valence-corrected chi connectivity index (χ0v) is 12.7. The molecule has 0 unspecified atom stereocenters. The number of nitrogens with zero attached hydrogens (tertiary/aromatic N) is 1. The molecule has 0 atom stereocenters. The average Bonchev–Trinajstić information content (AvgIpc) is 2.73. The first-order valence-electron chi connectivity index (χ1n) is 6.00. The summed E-state index contributed by atoms with van der Waals surface area (Å²) in [4.78, 5) is 25.5. The van der Waals surface area contributed by atoms with E-state index in [4.69, 9.17) is 12.2 Å². The van der Waals surface area contributed by atoms with Crippen molar-refractivity contribution in [3.05, 3.63) is 40.3 Å². The Labute approximate surface area is 126 Å². The summed E-state index contributed by atoms with van der Waals surface area (Å²) in [6.45, 7) is 2.46. The number of methoxy groups -OCH3 is 1. The number of hydrogen-bond donors (Lipinski definition) is 0. The maximum Gasteiger partial charge on any atom is 0.337 e. The highest BCUT2D eigenvalue weighted by atomic mass is 32.2. The van der Waals surface area contributed by atoms with E-state index < -0.39 is 0 Å². The summed E-state index contributed by atoms with van der Waals surface area (Å²) in [5.41, 5.74) is 1.32. The molecule has 20 heavy (non-hydrogen) atoms. The van der Waals surface area contributed by atoms with Crippen molar-refractivity contribution in [2.24, 2.45) is 0 Å². The molecule has 0 bridgehead atoms. The first-order valence-corrected chi connectivity index (χ1v) is 7.23. The summed E-state index contributed by atoms with van der Waals surface area (Å²) >= 11 is 6.44. The van der Waals surface area contributed by atoms with Gasteiger partial charge in [0.2, 0.25) is 0 Å².